The van der Waals surface area contributed by atoms with Gasteiger partial charge in [0.1, 0.15) is 11.0 Å². The van der Waals surface area contributed by atoms with Gasteiger partial charge in [-0.05, 0) is 46.2 Å². The molecule has 0 aliphatic heterocycles. The Kier molecular flexibility index (Phi) is 4.67. The van der Waals surface area contributed by atoms with Crippen molar-refractivity contribution >= 4 is 32.6 Å². The number of halogens is 1. The molecule has 0 fully saturated rings. The summed E-state index contributed by atoms with van der Waals surface area (Å²) in [7, 11) is -1.21. The zero-order chi connectivity index (χ0) is 13.2. The Morgan fingerprint density at radius 3 is 2.47 bits per heavy atom. The second-order valence-electron chi connectivity index (χ2n) is 4.95. The molecule has 1 rings (SSSR count). The first-order valence-electron chi connectivity index (χ1n) is 5.46. The van der Waals surface area contributed by atoms with E-state index in [1.807, 2.05) is 52.8 Å². The molecule has 94 valence electrons. The Bertz CT molecular complexity index is 475. The second-order valence-corrected chi connectivity index (χ2v) is 7.71. The molecule has 1 aromatic carbocycles. The van der Waals surface area contributed by atoms with Crippen LogP contribution in [-0.4, -0.2) is 14.7 Å². The third kappa shape index (κ3) is 3.75. The molecule has 4 heteroatoms. The normalized spacial score (nSPS) is 14.8. The number of rotatable bonds is 2. The molecular formula is C13H18BrNOS. The van der Waals surface area contributed by atoms with Gasteiger partial charge in [0.2, 0.25) is 0 Å². The summed E-state index contributed by atoms with van der Waals surface area (Å²) in [6.07, 6.45) is 0. The number of hydrogen-bond acceptors (Lipinski definition) is 1. The molecule has 0 saturated carbocycles. The van der Waals surface area contributed by atoms with Crippen molar-refractivity contribution in [3.63, 3.8) is 0 Å². The third-order valence-electron chi connectivity index (χ3n) is 2.40. The van der Waals surface area contributed by atoms with Crippen molar-refractivity contribution in [1.29, 1.82) is 0 Å². The van der Waals surface area contributed by atoms with E-state index in [2.05, 4.69) is 20.3 Å². The predicted molar refractivity (Wildman–Crippen MR) is 79.0 cm³/mol. The summed E-state index contributed by atoms with van der Waals surface area (Å²) in [5, 5.41) is 0. The number of hydrogen-bond donors (Lipinski definition) is 0. The van der Waals surface area contributed by atoms with Gasteiger partial charge in [-0.2, -0.15) is 4.40 Å². The molecule has 0 aliphatic rings. The van der Waals surface area contributed by atoms with Gasteiger partial charge >= 0.3 is 0 Å². The lowest BCUT2D eigenvalue weighted by Gasteiger charge is -2.15. The first-order valence-corrected chi connectivity index (χ1v) is 7.36. The average Bonchev–Trinajstić information content (AvgIpc) is 2.20. The molecule has 1 aromatic rings. The Morgan fingerprint density at radius 1 is 1.35 bits per heavy atom. The van der Waals surface area contributed by atoms with Gasteiger partial charge in [0.25, 0.3) is 0 Å². The maximum Gasteiger partial charge on any atom is 0.145 e. The minimum Gasteiger partial charge on any atom is -0.234 e. The van der Waals surface area contributed by atoms with E-state index in [1.54, 1.807) is 0 Å². The highest BCUT2D eigenvalue weighted by Crippen LogP contribution is 2.21. The SMILES string of the molecule is C/C(=N\[S@@](=O)C(C)(C)C)c1cccc(Br)c1C. The van der Waals surface area contributed by atoms with Crippen LogP contribution in [-0.2, 0) is 11.0 Å². The molecule has 2 nitrogen and oxygen atoms in total. The summed E-state index contributed by atoms with van der Waals surface area (Å²) < 4.78 is 17.0. The standard InChI is InChI=1S/C13H18BrNOS/c1-9-11(7-6-8-12(9)14)10(2)15-17(16)13(3,4)5/h6-8H,1-5H3/b15-10+/t17-/m0/s1. The van der Waals surface area contributed by atoms with Crippen LogP contribution in [0.25, 0.3) is 0 Å². The molecule has 0 unspecified atom stereocenters. The predicted octanol–water partition coefficient (Wildman–Crippen LogP) is 4.03. The Hall–Kier alpha value is -0.480. The monoisotopic (exact) mass is 315 g/mol. The van der Waals surface area contributed by atoms with Crippen LogP contribution in [0, 0.1) is 6.92 Å². The summed E-state index contributed by atoms with van der Waals surface area (Å²) in [5.41, 5.74) is 2.98. The largest absolute Gasteiger partial charge is 0.234 e. The lowest BCUT2D eigenvalue weighted by molar-refractivity contribution is 0.650. The molecule has 0 saturated heterocycles. The topological polar surface area (TPSA) is 29.4 Å². The van der Waals surface area contributed by atoms with Crippen LogP contribution in [0.4, 0.5) is 0 Å². The molecule has 17 heavy (non-hydrogen) atoms. The third-order valence-corrected chi connectivity index (χ3v) is 4.75. The lowest BCUT2D eigenvalue weighted by Crippen LogP contribution is -2.20. The first-order chi connectivity index (χ1) is 7.73. The van der Waals surface area contributed by atoms with Gasteiger partial charge in [-0.15, -0.1) is 0 Å². The van der Waals surface area contributed by atoms with Gasteiger partial charge in [-0.1, -0.05) is 28.1 Å². The fraction of sp³-hybridized carbons (Fsp3) is 0.462. The van der Waals surface area contributed by atoms with E-state index in [0.29, 0.717) is 0 Å². The van der Waals surface area contributed by atoms with Crippen LogP contribution in [0.5, 0.6) is 0 Å². The summed E-state index contributed by atoms with van der Waals surface area (Å²) in [5.74, 6) is 0. The van der Waals surface area contributed by atoms with Crippen molar-refractivity contribution in [3.05, 3.63) is 33.8 Å². The molecule has 0 spiro atoms. The molecule has 0 heterocycles. The summed E-state index contributed by atoms with van der Waals surface area (Å²) in [4.78, 5) is 0. The lowest BCUT2D eigenvalue weighted by atomic mass is 10.1. The maximum atomic E-state index is 12.0. The van der Waals surface area contributed by atoms with Gasteiger partial charge in [0.15, 0.2) is 0 Å². The van der Waals surface area contributed by atoms with E-state index in [1.165, 1.54) is 0 Å². The van der Waals surface area contributed by atoms with Crippen molar-refractivity contribution in [1.82, 2.24) is 0 Å². The molecule has 0 aliphatic carbocycles. The molecular weight excluding hydrogens is 298 g/mol. The van der Waals surface area contributed by atoms with Crippen molar-refractivity contribution < 1.29 is 4.21 Å². The first kappa shape index (κ1) is 14.6. The van der Waals surface area contributed by atoms with E-state index in [0.717, 1.165) is 21.3 Å². The van der Waals surface area contributed by atoms with Gasteiger partial charge < -0.3 is 0 Å². The Balaban J connectivity index is 3.13. The van der Waals surface area contributed by atoms with Crippen LogP contribution in [0.2, 0.25) is 0 Å². The Labute approximate surface area is 114 Å². The minimum absolute atomic E-state index is 0.318. The van der Waals surface area contributed by atoms with Crippen LogP contribution < -0.4 is 0 Å². The molecule has 1 atom stereocenters. The number of nitrogens with zero attached hydrogens (tertiary/aromatic N) is 1. The van der Waals surface area contributed by atoms with Crippen molar-refractivity contribution in [2.24, 2.45) is 4.40 Å². The van der Waals surface area contributed by atoms with Crippen LogP contribution in [0.3, 0.4) is 0 Å². The van der Waals surface area contributed by atoms with Crippen LogP contribution >= 0.6 is 15.9 Å². The molecule has 0 radical (unpaired) electrons. The van der Waals surface area contributed by atoms with E-state index in [4.69, 9.17) is 0 Å². The average molecular weight is 316 g/mol. The van der Waals surface area contributed by atoms with E-state index < -0.39 is 11.0 Å². The molecule has 0 bridgehead atoms. The van der Waals surface area contributed by atoms with Crippen LogP contribution in [0.15, 0.2) is 27.1 Å². The van der Waals surface area contributed by atoms with Gasteiger partial charge in [-0.3, -0.25) is 0 Å². The van der Waals surface area contributed by atoms with Crippen LogP contribution in [0.1, 0.15) is 38.8 Å². The second kappa shape index (κ2) is 5.44. The number of benzene rings is 1. The fourth-order valence-corrected chi connectivity index (χ4v) is 2.30. The van der Waals surface area contributed by atoms with Crippen molar-refractivity contribution in [3.8, 4) is 0 Å². The smallest absolute Gasteiger partial charge is 0.145 e. The summed E-state index contributed by atoms with van der Waals surface area (Å²) in [6.45, 7) is 9.70. The van der Waals surface area contributed by atoms with Crippen molar-refractivity contribution in [2.75, 3.05) is 0 Å². The summed E-state index contributed by atoms with van der Waals surface area (Å²) >= 11 is 3.49. The van der Waals surface area contributed by atoms with Gasteiger partial charge in [-0.25, -0.2) is 4.21 Å². The highest BCUT2D eigenvalue weighted by Gasteiger charge is 2.19. The van der Waals surface area contributed by atoms with Gasteiger partial charge in [0.05, 0.1) is 10.5 Å². The molecule has 0 N–H and O–H groups in total. The maximum absolute atomic E-state index is 12.0. The molecule has 0 amide bonds. The van der Waals surface area contributed by atoms with E-state index in [-0.39, 0.29) is 4.75 Å². The highest BCUT2D eigenvalue weighted by molar-refractivity contribution is 9.10. The quantitative estimate of drug-likeness (QED) is 0.758. The fourth-order valence-electron chi connectivity index (χ4n) is 1.31. The summed E-state index contributed by atoms with van der Waals surface area (Å²) in [6, 6.07) is 5.96. The Morgan fingerprint density at radius 2 is 1.94 bits per heavy atom. The van der Waals surface area contributed by atoms with Crippen molar-refractivity contribution in [2.45, 2.75) is 39.4 Å². The zero-order valence-corrected chi connectivity index (χ0v) is 13.3. The zero-order valence-electron chi connectivity index (χ0n) is 10.9. The van der Waals surface area contributed by atoms with E-state index >= 15 is 0 Å². The van der Waals surface area contributed by atoms with E-state index in [9.17, 15) is 4.21 Å². The minimum atomic E-state index is -1.21. The molecule has 0 aromatic heterocycles. The van der Waals surface area contributed by atoms with Gasteiger partial charge in [0, 0.05) is 10.0 Å². The highest BCUT2D eigenvalue weighted by atomic mass is 79.9.